The van der Waals surface area contributed by atoms with Crippen molar-refractivity contribution in [3.63, 3.8) is 0 Å². The fourth-order valence-corrected chi connectivity index (χ4v) is 3.79. The smallest absolute Gasteiger partial charge is 0.266 e. The van der Waals surface area contributed by atoms with Gasteiger partial charge in [-0.25, -0.2) is 0 Å². The number of hydrogen-bond acceptors (Lipinski definition) is 3. The number of carbonyl (C=O) groups excluding carboxylic acids is 1. The number of nitrogen functional groups attached to an aromatic ring is 1. The molecule has 0 saturated heterocycles. The SMILES string of the molecule is CCC(CC)N(C)C(=O)c1sc2cc(Cl)ccc2c1N. The van der Waals surface area contributed by atoms with Gasteiger partial charge in [-0.15, -0.1) is 11.3 Å². The summed E-state index contributed by atoms with van der Waals surface area (Å²) in [4.78, 5) is 15.0. The Morgan fingerprint density at radius 1 is 1.40 bits per heavy atom. The van der Waals surface area contributed by atoms with Crippen LogP contribution in [-0.4, -0.2) is 23.9 Å². The molecule has 1 amide bonds. The predicted molar refractivity (Wildman–Crippen MR) is 87.7 cm³/mol. The van der Waals surface area contributed by atoms with Gasteiger partial charge in [-0.1, -0.05) is 25.4 Å². The van der Waals surface area contributed by atoms with Gasteiger partial charge in [0.15, 0.2) is 0 Å². The minimum absolute atomic E-state index is 0.00600. The number of benzene rings is 1. The molecule has 5 heteroatoms. The molecule has 0 saturated carbocycles. The van der Waals surface area contributed by atoms with Crippen LogP contribution in [0.4, 0.5) is 5.69 Å². The summed E-state index contributed by atoms with van der Waals surface area (Å²) in [5.41, 5.74) is 6.69. The van der Waals surface area contributed by atoms with Gasteiger partial charge >= 0.3 is 0 Å². The minimum atomic E-state index is -0.00600. The van der Waals surface area contributed by atoms with Crippen LogP contribution in [0, 0.1) is 0 Å². The van der Waals surface area contributed by atoms with Crippen LogP contribution in [0.5, 0.6) is 0 Å². The van der Waals surface area contributed by atoms with Crippen molar-refractivity contribution in [1.29, 1.82) is 0 Å². The van der Waals surface area contributed by atoms with Crippen molar-refractivity contribution in [2.45, 2.75) is 32.7 Å². The second-order valence-electron chi connectivity index (χ2n) is 4.87. The zero-order valence-electron chi connectivity index (χ0n) is 11.9. The molecule has 1 aromatic carbocycles. The summed E-state index contributed by atoms with van der Waals surface area (Å²) in [6.45, 7) is 4.18. The number of amides is 1. The highest BCUT2D eigenvalue weighted by Gasteiger charge is 2.23. The van der Waals surface area contributed by atoms with Crippen LogP contribution in [0.2, 0.25) is 5.02 Å². The first-order chi connectivity index (χ1) is 9.49. The molecule has 0 spiro atoms. The summed E-state index contributed by atoms with van der Waals surface area (Å²) in [5.74, 6) is -0.00600. The molecule has 0 atom stereocenters. The molecule has 0 fully saturated rings. The quantitative estimate of drug-likeness (QED) is 0.910. The minimum Gasteiger partial charge on any atom is -0.397 e. The van der Waals surface area contributed by atoms with Crippen molar-refractivity contribution >= 4 is 44.6 Å². The van der Waals surface area contributed by atoms with E-state index in [0.29, 0.717) is 15.6 Å². The first-order valence-corrected chi connectivity index (χ1v) is 7.93. The lowest BCUT2D eigenvalue weighted by Gasteiger charge is -2.25. The number of nitrogens with zero attached hydrogens (tertiary/aromatic N) is 1. The fourth-order valence-electron chi connectivity index (χ4n) is 2.41. The maximum absolute atomic E-state index is 12.6. The molecule has 0 aliphatic rings. The van der Waals surface area contributed by atoms with Crippen molar-refractivity contribution < 1.29 is 4.79 Å². The van der Waals surface area contributed by atoms with Crippen LogP contribution in [0.15, 0.2) is 18.2 Å². The van der Waals surface area contributed by atoms with Gasteiger partial charge in [0.05, 0.1) is 5.69 Å². The highest BCUT2D eigenvalue weighted by molar-refractivity contribution is 7.21. The van der Waals surface area contributed by atoms with E-state index in [-0.39, 0.29) is 11.9 Å². The monoisotopic (exact) mass is 310 g/mol. The Hall–Kier alpha value is -1.26. The van der Waals surface area contributed by atoms with Crippen LogP contribution < -0.4 is 5.73 Å². The van der Waals surface area contributed by atoms with Gasteiger partial charge in [-0.2, -0.15) is 0 Å². The summed E-state index contributed by atoms with van der Waals surface area (Å²) in [6, 6.07) is 5.77. The van der Waals surface area contributed by atoms with Gasteiger partial charge in [0.2, 0.25) is 0 Å². The van der Waals surface area contributed by atoms with Crippen molar-refractivity contribution in [3.8, 4) is 0 Å². The number of carbonyl (C=O) groups is 1. The molecule has 2 rings (SSSR count). The molecule has 0 aliphatic carbocycles. The van der Waals surface area contributed by atoms with Crippen LogP contribution in [0.1, 0.15) is 36.4 Å². The first-order valence-electron chi connectivity index (χ1n) is 6.74. The standard InChI is InChI=1S/C15H19ClN2OS/c1-4-10(5-2)18(3)15(19)14-13(17)11-7-6-9(16)8-12(11)20-14/h6-8,10H,4-5,17H2,1-3H3. The summed E-state index contributed by atoms with van der Waals surface area (Å²) >= 11 is 7.40. The number of thiophene rings is 1. The molecule has 0 radical (unpaired) electrons. The van der Waals surface area contributed by atoms with Crippen molar-refractivity contribution in [1.82, 2.24) is 4.90 Å². The summed E-state index contributed by atoms with van der Waals surface area (Å²) < 4.78 is 0.955. The number of hydrogen-bond donors (Lipinski definition) is 1. The van der Waals surface area contributed by atoms with E-state index in [9.17, 15) is 4.79 Å². The second kappa shape index (κ2) is 6.02. The number of rotatable bonds is 4. The fraction of sp³-hybridized carbons (Fsp3) is 0.400. The van der Waals surface area contributed by atoms with E-state index in [4.69, 9.17) is 17.3 Å². The lowest BCUT2D eigenvalue weighted by Crippen LogP contribution is -2.36. The third-order valence-corrected chi connectivity index (χ3v) is 5.09. The molecule has 20 heavy (non-hydrogen) atoms. The Morgan fingerprint density at radius 2 is 2.05 bits per heavy atom. The van der Waals surface area contributed by atoms with Crippen LogP contribution in [0.25, 0.3) is 10.1 Å². The Bertz CT molecular complexity index is 634. The molecule has 1 aromatic heterocycles. The molecule has 2 aromatic rings. The van der Waals surface area contributed by atoms with E-state index in [0.717, 1.165) is 22.9 Å². The lowest BCUT2D eigenvalue weighted by atomic mass is 10.1. The second-order valence-corrected chi connectivity index (χ2v) is 6.36. The average Bonchev–Trinajstić information content (AvgIpc) is 2.75. The van der Waals surface area contributed by atoms with E-state index in [1.165, 1.54) is 11.3 Å². The summed E-state index contributed by atoms with van der Waals surface area (Å²) in [5, 5.41) is 1.56. The highest BCUT2D eigenvalue weighted by atomic mass is 35.5. The molecule has 2 N–H and O–H groups in total. The van der Waals surface area contributed by atoms with Gasteiger partial charge in [0, 0.05) is 28.2 Å². The molecule has 0 bridgehead atoms. The van der Waals surface area contributed by atoms with Gasteiger partial charge in [-0.05, 0) is 31.0 Å². The van der Waals surface area contributed by atoms with Gasteiger partial charge < -0.3 is 10.6 Å². The van der Waals surface area contributed by atoms with Gasteiger partial charge in [0.1, 0.15) is 4.88 Å². The molecular weight excluding hydrogens is 292 g/mol. The van der Waals surface area contributed by atoms with Crippen molar-refractivity contribution in [2.24, 2.45) is 0 Å². The average molecular weight is 311 g/mol. The molecule has 3 nitrogen and oxygen atoms in total. The number of anilines is 1. The zero-order chi connectivity index (χ0) is 14.9. The van der Waals surface area contributed by atoms with E-state index >= 15 is 0 Å². The van der Waals surface area contributed by atoms with Crippen molar-refractivity contribution in [2.75, 3.05) is 12.8 Å². The molecule has 0 aliphatic heterocycles. The van der Waals surface area contributed by atoms with E-state index in [2.05, 4.69) is 13.8 Å². The third-order valence-electron chi connectivity index (χ3n) is 3.70. The molecular formula is C15H19ClN2OS. The van der Waals surface area contributed by atoms with Gasteiger partial charge in [0.25, 0.3) is 5.91 Å². The summed E-state index contributed by atoms with van der Waals surface area (Å²) in [6.07, 6.45) is 1.88. The molecule has 1 heterocycles. The van der Waals surface area contributed by atoms with E-state index in [1.807, 2.05) is 19.2 Å². The normalized spacial score (nSPS) is 11.2. The number of fused-ring (bicyclic) bond motifs is 1. The third kappa shape index (κ3) is 2.63. The number of nitrogens with two attached hydrogens (primary N) is 1. The maximum Gasteiger partial charge on any atom is 0.266 e. The Labute approximate surface area is 128 Å². The Morgan fingerprint density at radius 3 is 2.65 bits per heavy atom. The molecule has 108 valence electrons. The van der Waals surface area contributed by atoms with Crippen LogP contribution in [0.3, 0.4) is 0 Å². The predicted octanol–water partition coefficient (Wildman–Crippen LogP) is 4.40. The van der Waals surface area contributed by atoms with E-state index < -0.39 is 0 Å². The summed E-state index contributed by atoms with van der Waals surface area (Å²) in [7, 11) is 1.84. The van der Waals surface area contributed by atoms with Crippen LogP contribution >= 0.6 is 22.9 Å². The highest BCUT2D eigenvalue weighted by Crippen LogP contribution is 2.36. The Balaban J connectivity index is 2.42. The molecule has 0 unspecified atom stereocenters. The van der Waals surface area contributed by atoms with E-state index in [1.54, 1.807) is 11.0 Å². The number of halogens is 1. The topological polar surface area (TPSA) is 46.3 Å². The zero-order valence-corrected chi connectivity index (χ0v) is 13.5. The Kier molecular flexibility index (Phi) is 4.55. The first kappa shape index (κ1) is 15.1. The van der Waals surface area contributed by atoms with Crippen LogP contribution in [-0.2, 0) is 0 Å². The maximum atomic E-state index is 12.6. The van der Waals surface area contributed by atoms with Crippen molar-refractivity contribution in [3.05, 3.63) is 28.1 Å². The largest absolute Gasteiger partial charge is 0.397 e. The lowest BCUT2D eigenvalue weighted by molar-refractivity contribution is 0.0729. The van der Waals surface area contributed by atoms with Gasteiger partial charge in [-0.3, -0.25) is 4.79 Å².